The van der Waals surface area contributed by atoms with E-state index in [2.05, 4.69) is 17.0 Å². The molecule has 0 aromatic rings. The van der Waals surface area contributed by atoms with Crippen molar-refractivity contribution in [2.24, 2.45) is 11.8 Å². The lowest BCUT2D eigenvalue weighted by molar-refractivity contribution is 0.385. The van der Waals surface area contributed by atoms with E-state index < -0.39 is 10.0 Å². The Balaban J connectivity index is 1.87. The van der Waals surface area contributed by atoms with E-state index in [9.17, 15) is 8.42 Å². The summed E-state index contributed by atoms with van der Waals surface area (Å²) in [6.07, 6.45) is 7.93. The molecule has 1 aliphatic heterocycles. The Morgan fingerprint density at radius 3 is 2.63 bits per heavy atom. The predicted octanol–water partition coefficient (Wildman–Crippen LogP) is 1.87. The van der Waals surface area contributed by atoms with Gasteiger partial charge in [0, 0.05) is 6.04 Å². The third-order valence-corrected chi connectivity index (χ3v) is 6.12. The molecule has 1 heterocycles. The number of hydrogen-bond donors (Lipinski definition) is 2. The Kier molecular flexibility index (Phi) is 5.66. The summed E-state index contributed by atoms with van der Waals surface area (Å²) in [6, 6.07) is 0.157. The number of nitrogens with one attached hydrogen (secondary N) is 2. The standard InChI is InChI=1S/C14H28N2O2S/c1-12-6-3-2-4-8-14(12)16-19(17,18)11-13-7-5-9-15-10-13/h12-16H,2-11H2,1H3. The lowest BCUT2D eigenvalue weighted by Crippen LogP contribution is -2.43. The van der Waals surface area contributed by atoms with Gasteiger partial charge in [-0.05, 0) is 50.6 Å². The molecule has 0 spiro atoms. The molecule has 0 aromatic carbocycles. The molecule has 1 aliphatic carbocycles. The zero-order chi connectivity index (χ0) is 13.7. The van der Waals surface area contributed by atoms with Crippen LogP contribution < -0.4 is 10.0 Å². The molecule has 4 nitrogen and oxygen atoms in total. The topological polar surface area (TPSA) is 58.2 Å². The van der Waals surface area contributed by atoms with Crippen molar-refractivity contribution < 1.29 is 8.42 Å². The van der Waals surface area contributed by atoms with Crippen LogP contribution in [-0.4, -0.2) is 33.3 Å². The molecule has 0 amide bonds. The van der Waals surface area contributed by atoms with Crippen molar-refractivity contribution in [1.29, 1.82) is 0 Å². The van der Waals surface area contributed by atoms with Gasteiger partial charge in [-0.15, -0.1) is 0 Å². The van der Waals surface area contributed by atoms with Gasteiger partial charge in [-0.2, -0.15) is 0 Å². The average Bonchev–Trinajstić information content (AvgIpc) is 2.55. The molecule has 2 aliphatic rings. The molecule has 0 bridgehead atoms. The van der Waals surface area contributed by atoms with E-state index in [1.807, 2.05) is 0 Å². The highest BCUT2D eigenvalue weighted by Crippen LogP contribution is 2.24. The van der Waals surface area contributed by atoms with E-state index in [1.165, 1.54) is 12.8 Å². The number of hydrogen-bond acceptors (Lipinski definition) is 3. The van der Waals surface area contributed by atoms with E-state index in [0.717, 1.165) is 45.2 Å². The molecule has 1 saturated heterocycles. The molecular weight excluding hydrogens is 260 g/mol. The first-order valence-electron chi connectivity index (χ1n) is 7.77. The lowest BCUT2D eigenvalue weighted by atomic mass is 9.98. The Hall–Kier alpha value is -0.130. The predicted molar refractivity (Wildman–Crippen MR) is 78.6 cm³/mol. The monoisotopic (exact) mass is 288 g/mol. The van der Waals surface area contributed by atoms with Gasteiger partial charge in [0.15, 0.2) is 0 Å². The van der Waals surface area contributed by atoms with Crippen LogP contribution in [0.3, 0.4) is 0 Å². The lowest BCUT2D eigenvalue weighted by Gasteiger charge is -2.26. The Morgan fingerprint density at radius 1 is 1.11 bits per heavy atom. The highest BCUT2D eigenvalue weighted by atomic mass is 32.2. The van der Waals surface area contributed by atoms with E-state index in [1.54, 1.807) is 0 Å². The van der Waals surface area contributed by atoms with Crippen LogP contribution in [0.15, 0.2) is 0 Å². The van der Waals surface area contributed by atoms with Gasteiger partial charge in [0.2, 0.25) is 10.0 Å². The molecule has 112 valence electrons. The summed E-state index contributed by atoms with van der Waals surface area (Å²) in [5.41, 5.74) is 0. The van der Waals surface area contributed by atoms with Crippen molar-refractivity contribution in [1.82, 2.24) is 10.0 Å². The quantitative estimate of drug-likeness (QED) is 0.777. The van der Waals surface area contributed by atoms with Gasteiger partial charge in [-0.3, -0.25) is 0 Å². The van der Waals surface area contributed by atoms with Crippen LogP contribution in [0, 0.1) is 11.8 Å². The second-order valence-corrected chi connectivity index (χ2v) is 8.13. The zero-order valence-corrected chi connectivity index (χ0v) is 12.8. The van der Waals surface area contributed by atoms with Gasteiger partial charge in [-0.1, -0.05) is 26.2 Å². The fourth-order valence-electron chi connectivity index (χ4n) is 3.32. The minimum atomic E-state index is -3.12. The van der Waals surface area contributed by atoms with E-state index in [4.69, 9.17) is 0 Å². The minimum absolute atomic E-state index is 0.157. The van der Waals surface area contributed by atoms with Gasteiger partial charge in [0.1, 0.15) is 0 Å². The second kappa shape index (κ2) is 7.04. The van der Waals surface area contributed by atoms with Crippen molar-refractivity contribution in [3.05, 3.63) is 0 Å². The van der Waals surface area contributed by atoms with E-state index >= 15 is 0 Å². The Labute approximate surface area is 117 Å². The van der Waals surface area contributed by atoms with Gasteiger partial charge in [0.25, 0.3) is 0 Å². The van der Waals surface area contributed by atoms with Crippen molar-refractivity contribution in [3.63, 3.8) is 0 Å². The molecule has 2 fully saturated rings. The maximum atomic E-state index is 12.3. The van der Waals surface area contributed by atoms with E-state index in [0.29, 0.717) is 11.7 Å². The summed E-state index contributed by atoms with van der Waals surface area (Å²) in [7, 11) is -3.12. The summed E-state index contributed by atoms with van der Waals surface area (Å²) in [6.45, 7) is 4.06. The Bertz CT molecular complexity index is 364. The third-order valence-electron chi connectivity index (χ3n) is 4.55. The fourth-order valence-corrected chi connectivity index (χ4v) is 5.14. The molecule has 3 atom stereocenters. The first kappa shape index (κ1) is 15.3. The smallest absolute Gasteiger partial charge is 0.212 e. The average molecular weight is 288 g/mol. The molecule has 19 heavy (non-hydrogen) atoms. The normalized spacial score (nSPS) is 33.8. The highest BCUT2D eigenvalue weighted by molar-refractivity contribution is 7.89. The van der Waals surface area contributed by atoms with Crippen molar-refractivity contribution in [3.8, 4) is 0 Å². The summed E-state index contributed by atoms with van der Waals surface area (Å²) in [4.78, 5) is 0. The van der Waals surface area contributed by atoms with Crippen molar-refractivity contribution >= 4 is 10.0 Å². The van der Waals surface area contributed by atoms with Crippen LogP contribution in [-0.2, 0) is 10.0 Å². The molecule has 5 heteroatoms. The van der Waals surface area contributed by atoms with Gasteiger partial charge in [0.05, 0.1) is 5.75 Å². The SMILES string of the molecule is CC1CCCCCC1NS(=O)(=O)CC1CCCNC1. The third kappa shape index (κ3) is 5.04. The highest BCUT2D eigenvalue weighted by Gasteiger charge is 2.27. The van der Waals surface area contributed by atoms with Crippen molar-refractivity contribution in [2.75, 3.05) is 18.8 Å². The number of rotatable bonds is 4. The fraction of sp³-hybridized carbons (Fsp3) is 1.00. The molecule has 2 rings (SSSR count). The molecule has 1 saturated carbocycles. The van der Waals surface area contributed by atoms with Crippen LogP contribution in [0.5, 0.6) is 0 Å². The van der Waals surface area contributed by atoms with Crippen LogP contribution in [0.4, 0.5) is 0 Å². The van der Waals surface area contributed by atoms with Crippen LogP contribution >= 0.6 is 0 Å². The first-order chi connectivity index (χ1) is 9.07. The van der Waals surface area contributed by atoms with Crippen molar-refractivity contribution in [2.45, 2.75) is 57.9 Å². The maximum absolute atomic E-state index is 12.3. The number of piperidine rings is 1. The molecule has 2 N–H and O–H groups in total. The van der Waals surface area contributed by atoms with Crippen LogP contribution in [0.25, 0.3) is 0 Å². The minimum Gasteiger partial charge on any atom is -0.316 e. The first-order valence-corrected chi connectivity index (χ1v) is 9.43. The molecule has 0 radical (unpaired) electrons. The molecule has 0 aromatic heterocycles. The van der Waals surface area contributed by atoms with Crippen LogP contribution in [0.2, 0.25) is 0 Å². The van der Waals surface area contributed by atoms with Crippen LogP contribution in [0.1, 0.15) is 51.9 Å². The second-order valence-electron chi connectivity index (χ2n) is 6.33. The Morgan fingerprint density at radius 2 is 1.89 bits per heavy atom. The van der Waals surface area contributed by atoms with Gasteiger partial charge >= 0.3 is 0 Å². The number of sulfonamides is 1. The van der Waals surface area contributed by atoms with Gasteiger partial charge < -0.3 is 5.32 Å². The summed E-state index contributed by atoms with van der Waals surface area (Å²) >= 11 is 0. The summed E-state index contributed by atoms with van der Waals surface area (Å²) in [5, 5.41) is 3.29. The zero-order valence-electron chi connectivity index (χ0n) is 12.0. The molecular formula is C14H28N2O2S. The largest absolute Gasteiger partial charge is 0.316 e. The molecule has 3 unspecified atom stereocenters. The summed E-state index contributed by atoms with van der Waals surface area (Å²) < 4.78 is 27.5. The summed E-state index contributed by atoms with van der Waals surface area (Å²) in [5.74, 6) is 1.05. The van der Waals surface area contributed by atoms with E-state index in [-0.39, 0.29) is 12.0 Å². The maximum Gasteiger partial charge on any atom is 0.212 e. The van der Waals surface area contributed by atoms with Gasteiger partial charge in [-0.25, -0.2) is 13.1 Å².